The van der Waals surface area contributed by atoms with Gasteiger partial charge in [0.2, 0.25) is 6.17 Å². The van der Waals surface area contributed by atoms with Crippen LogP contribution < -0.4 is 4.68 Å². The molecule has 0 saturated heterocycles. The maximum atomic E-state index is 4.74. The molecule has 3 heterocycles. The van der Waals surface area contributed by atoms with Gasteiger partial charge in [-0.1, -0.05) is 52.2 Å². The van der Waals surface area contributed by atoms with Crippen molar-refractivity contribution < 1.29 is 4.68 Å². The topological polar surface area (TPSA) is 44.7 Å². The summed E-state index contributed by atoms with van der Waals surface area (Å²) >= 11 is 3.24. The van der Waals surface area contributed by atoms with E-state index in [1.165, 1.54) is 16.3 Å². The first-order chi connectivity index (χ1) is 11.7. The molecule has 0 N–H and O–H groups in total. The van der Waals surface area contributed by atoms with Crippen LogP contribution in [0.2, 0.25) is 0 Å². The van der Waals surface area contributed by atoms with Crippen molar-refractivity contribution in [3.63, 3.8) is 0 Å². The average molecular weight is 352 g/mol. The van der Waals surface area contributed by atoms with Gasteiger partial charge in [-0.3, -0.25) is 0 Å². The van der Waals surface area contributed by atoms with Crippen molar-refractivity contribution in [1.82, 2.24) is 10.1 Å². The Morgan fingerprint density at radius 1 is 1.08 bits per heavy atom. The number of rotatable bonds is 1. The summed E-state index contributed by atoms with van der Waals surface area (Å²) in [6, 6.07) is 14.9. The lowest BCUT2D eigenvalue weighted by Gasteiger charge is -2.24. The molecule has 5 nitrogen and oxygen atoms in total. The van der Waals surface area contributed by atoms with E-state index in [-0.39, 0.29) is 6.17 Å². The normalized spacial score (nSPS) is 19.1. The largest absolute Gasteiger partial charge is 0.409 e. The van der Waals surface area contributed by atoms with E-state index >= 15 is 0 Å². The van der Waals surface area contributed by atoms with Gasteiger partial charge in [0.05, 0.1) is 0 Å². The molecule has 118 valence electrons. The predicted molar refractivity (Wildman–Crippen MR) is 98.8 cm³/mol. The molecule has 1 aromatic heterocycles. The van der Waals surface area contributed by atoms with Crippen molar-refractivity contribution in [2.45, 2.75) is 20.0 Å². The maximum absolute atomic E-state index is 4.74. The van der Waals surface area contributed by atoms with E-state index in [1.54, 1.807) is 23.1 Å². The van der Waals surface area contributed by atoms with Gasteiger partial charge in [0.25, 0.3) is 0 Å². The molecule has 0 spiro atoms. The van der Waals surface area contributed by atoms with Crippen molar-refractivity contribution in [2.75, 3.05) is 0 Å². The Balaban J connectivity index is 1.79. The van der Waals surface area contributed by atoms with E-state index in [9.17, 15) is 0 Å². The minimum atomic E-state index is -0.103. The number of fused-ring (bicyclic) bond motifs is 3. The fourth-order valence-electron chi connectivity index (χ4n) is 3.18. The summed E-state index contributed by atoms with van der Waals surface area (Å²) in [4.78, 5) is 4.74. The highest BCUT2D eigenvalue weighted by Crippen LogP contribution is 2.38. The Hall–Kier alpha value is -2.25. The Bertz CT molecular complexity index is 1030. The standard InChI is InChI=1S/C17H14N5S2/c1-10-19-21-15(14-9-5-7-12-6-3-4-8-13(12)14)22-17(18-16(21)23-10)24-11(2)20-22/h3-9,15H,1-2H3/q+1. The summed E-state index contributed by atoms with van der Waals surface area (Å²) < 4.78 is 1.99. The molecule has 0 bridgehead atoms. The van der Waals surface area contributed by atoms with Crippen molar-refractivity contribution >= 4 is 49.2 Å². The zero-order valence-electron chi connectivity index (χ0n) is 13.2. The lowest BCUT2D eigenvalue weighted by Crippen LogP contribution is -2.52. The minimum Gasteiger partial charge on any atom is -0.170 e. The van der Waals surface area contributed by atoms with Crippen LogP contribution in [0.15, 0.2) is 52.6 Å². The molecule has 0 saturated carbocycles. The van der Waals surface area contributed by atoms with E-state index in [0.29, 0.717) is 0 Å². The van der Waals surface area contributed by atoms with E-state index < -0.39 is 0 Å². The number of hydrogen-bond donors (Lipinski definition) is 0. The fourth-order valence-corrected chi connectivity index (χ4v) is 4.76. The zero-order valence-corrected chi connectivity index (χ0v) is 14.8. The van der Waals surface area contributed by atoms with E-state index in [4.69, 9.17) is 15.2 Å². The second-order valence-corrected chi connectivity index (χ2v) is 8.07. The molecule has 3 aromatic rings. The Morgan fingerprint density at radius 3 is 2.83 bits per heavy atom. The molecule has 1 atom stereocenters. The smallest absolute Gasteiger partial charge is 0.170 e. The number of benzene rings is 2. The third kappa shape index (κ3) is 2.01. The zero-order chi connectivity index (χ0) is 16.3. The first-order valence-corrected chi connectivity index (χ1v) is 9.32. The summed E-state index contributed by atoms with van der Waals surface area (Å²) in [5.41, 5.74) is 1.19. The third-order valence-electron chi connectivity index (χ3n) is 4.12. The number of thioether (sulfide) groups is 1. The van der Waals surface area contributed by atoms with Crippen LogP contribution in [0, 0.1) is 6.92 Å². The van der Waals surface area contributed by atoms with Crippen molar-refractivity contribution in [1.29, 1.82) is 0 Å². The van der Waals surface area contributed by atoms with E-state index in [0.717, 1.165) is 20.4 Å². The molecule has 0 amide bonds. The van der Waals surface area contributed by atoms with E-state index in [1.807, 2.05) is 23.5 Å². The lowest BCUT2D eigenvalue weighted by molar-refractivity contribution is -0.770. The molecule has 0 aliphatic carbocycles. The highest BCUT2D eigenvalue weighted by Gasteiger charge is 2.45. The SMILES string of the molecule is CC1=NN2C(=Nc3sc(C)n[n+]3C2c2cccc3ccccc23)S1. The average Bonchev–Trinajstić information content (AvgIpc) is 3.12. The first-order valence-electron chi connectivity index (χ1n) is 7.68. The van der Waals surface area contributed by atoms with Gasteiger partial charge in [0.1, 0.15) is 10.1 Å². The van der Waals surface area contributed by atoms with Crippen molar-refractivity contribution in [3.05, 3.63) is 53.0 Å². The van der Waals surface area contributed by atoms with Gasteiger partial charge in [-0.25, -0.2) is 0 Å². The fraction of sp³-hybridized carbons (Fsp3) is 0.176. The monoisotopic (exact) mass is 352 g/mol. The molecule has 0 fully saturated rings. The summed E-state index contributed by atoms with van der Waals surface area (Å²) in [7, 11) is 0. The summed E-state index contributed by atoms with van der Waals surface area (Å²) in [6.45, 7) is 4.03. The second kappa shape index (κ2) is 5.12. The molecular formula is C17H14N5S2+. The van der Waals surface area contributed by atoms with Crippen molar-refractivity contribution in [3.8, 4) is 0 Å². The molecule has 2 aromatic carbocycles. The highest BCUT2D eigenvalue weighted by atomic mass is 32.2. The second-order valence-electron chi connectivity index (χ2n) is 5.75. The number of nitrogens with zero attached hydrogens (tertiary/aromatic N) is 5. The maximum Gasteiger partial charge on any atom is 0.409 e. The summed E-state index contributed by atoms with van der Waals surface area (Å²) in [5, 5.41) is 17.7. The van der Waals surface area contributed by atoms with Crippen LogP contribution in [-0.2, 0) is 0 Å². The molecule has 2 aliphatic heterocycles. The highest BCUT2D eigenvalue weighted by molar-refractivity contribution is 8.26. The molecule has 7 heteroatoms. The molecule has 5 rings (SSSR count). The lowest BCUT2D eigenvalue weighted by atomic mass is 10.0. The van der Waals surface area contributed by atoms with Crippen LogP contribution in [0.1, 0.15) is 23.7 Å². The van der Waals surface area contributed by atoms with Gasteiger partial charge >= 0.3 is 10.3 Å². The van der Waals surface area contributed by atoms with Gasteiger partial charge in [0.15, 0.2) is 0 Å². The number of amidine groups is 1. The Morgan fingerprint density at radius 2 is 1.92 bits per heavy atom. The number of aliphatic imine (C=N–C) groups is 1. The van der Waals surface area contributed by atoms with Crippen LogP contribution in [0.5, 0.6) is 0 Å². The Kier molecular flexibility index (Phi) is 3.01. The van der Waals surface area contributed by atoms with Gasteiger partial charge in [-0.2, -0.15) is 10.1 Å². The van der Waals surface area contributed by atoms with E-state index in [2.05, 4.69) is 42.5 Å². The van der Waals surface area contributed by atoms with Gasteiger partial charge in [-0.15, -0.1) is 0 Å². The third-order valence-corrected chi connectivity index (χ3v) is 5.80. The molecule has 2 aliphatic rings. The quantitative estimate of drug-likeness (QED) is 0.625. The number of aryl methyl sites for hydroxylation is 1. The minimum absolute atomic E-state index is 0.103. The van der Waals surface area contributed by atoms with Crippen LogP contribution in [0.25, 0.3) is 10.8 Å². The van der Waals surface area contributed by atoms with Crippen LogP contribution >= 0.6 is 23.1 Å². The van der Waals surface area contributed by atoms with Gasteiger partial charge in [-0.05, 0) is 47.7 Å². The number of hydrazone groups is 1. The van der Waals surface area contributed by atoms with Crippen LogP contribution in [0.3, 0.4) is 0 Å². The molecular weight excluding hydrogens is 338 g/mol. The summed E-state index contributed by atoms with van der Waals surface area (Å²) in [5.74, 6) is 0. The number of aromatic nitrogens is 2. The van der Waals surface area contributed by atoms with Crippen molar-refractivity contribution in [2.24, 2.45) is 10.1 Å². The summed E-state index contributed by atoms with van der Waals surface area (Å²) in [6.07, 6.45) is -0.103. The predicted octanol–water partition coefficient (Wildman–Crippen LogP) is 3.82. The first kappa shape index (κ1) is 14.1. The molecule has 0 radical (unpaired) electrons. The number of hydrogen-bond acceptors (Lipinski definition) is 6. The van der Waals surface area contributed by atoms with Gasteiger partial charge < -0.3 is 0 Å². The van der Waals surface area contributed by atoms with Crippen LogP contribution in [0.4, 0.5) is 5.13 Å². The van der Waals surface area contributed by atoms with Crippen LogP contribution in [-0.4, -0.2) is 20.3 Å². The molecule has 24 heavy (non-hydrogen) atoms. The Labute approximate surface area is 147 Å². The molecule has 1 unspecified atom stereocenters. The van der Waals surface area contributed by atoms with Gasteiger partial charge in [0, 0.05) is 10.6 Å².